The second-order valence-electron chi connectivity index (χ2n) is 5.34. The molecule has 0 aromatic carbocycles. The van der Waals surface area contributed by atoms with Crippen LogP contribution in [0.4, 0.5) is 0 Å². The van der Waals surface area contributed by atoms with Crippen LogP contribution in [0.1, 0.15) is 44.9 Å². The van der Waals surface area contributed by atoms with Crippen LogP contribution in [0.15, 0.2) is 0 Å². The molecule has 0 aromatic rings. The number of nitrogens with zero attached hydrogens (tertiary/aromatic N) is 1. The van der Waals surface area contributed by atoms with E-state index >= 15 is 0 Å². The van der Waals surface area contributed by atoms with Crippen LogP contribution in [0.3, 0.4) is 0 Å². The minimum absolute atomic E-state index is 0.374. The Balaban J connectivity index is 1.78. The van der Waals surface area contributed by atoms with Gasteiger partial charge < -0.3 is 10.2 Å². The van der Waals surface area contributed by atoms with Crippen molar-refractivity contribution >= 4 is 5.91 Å². The molecule has 0 bridgehead atoms. The first-order chi connectivity index (χ1) is 7.77. The number of carbonyl (C=O) groups is 1. The zero-order chi connectivity index (χ0) is 11.4. The van der Waals surface area contributed by atoms with Crippen molar-refractivity contribution in [3.8, 4) is 0 Å². The predicted molar refractivity (Wildman–Crippen MR) is 65.2 cm³/mol. The maximum Gasteiger partial charge on any atom is 0.222 e. The molecule has 2 rings (SSSR count). The highest BCUT2D eigenvalue weighted by Gasteiger charge is 2.25. The van der Waals surface area contributed by atoms with Crippen molar-refractivity contribution in [1.29, 1.82) is 0 Å². The lowest BCUT2D eigenvalue weighted by Gasteiger charge is -2.32. The quantitative estimate of drug-likeness (QED) is 0.792. The molecule has 3 nitrogen and oxygen atoms in total. The molecule has 0 unspecified atom stereocenters. The number of nitrogens with one attached hydrogen (secondary N) is 1. The predicted octanol–water partition coefficient (Wildman–Crippen LogP) is 1.78. The standard InChI is InChI=1S/C13H24N2O/c1-15(12-6-8-14-9-7-12)13(16)10-11-4-2-3-5-11/h11-12,14H,2-10H2,1H3. The van der Waals surface area contributed by atoms with Crippen molar-refractivity contribution in [3.63, 3.8) is 0 Å². The number of rotatable bonds is 3. The second kappa shape index (κ2) is 5.67. The molecule has 1 aliphatic carbocycles. The van der Waals surface area contributed by atoms with Crippen molar-refractivity contribution in [3.05, 3.63) is 0 Å². The van der Waals surface area contributed by atoms with Crippen LogP contribution in [-0.2, 0) is 4.79 Å². The maximum absolute atomic E-state index is 12.1. The van der Waals surface area contributed by atoms with Crippen molar-refractivity contribution in [1.82, 2.24) is 10.2 Å². The van der Waals surface area contributed by atoms with Gasteiger partial charge in [-0.05, 0) is 44.7 Å². The molecule has 1 heterocycles. The van der Waals surface area contributed by atoms with Gasteiger partial charge in [0.2, 0.25) is 5.91 Å². The van der Waals surface area contributed by atoms with E-state index in [1.807, 2.05) is 11.9 Å². The van der Waals surface area contributed by atoms with Crippen LogP contribution >= 0.6 is 0 Å². The fourth-order valence-electron chi connectivity index (χ4n) is 3.00. The molecule has 2 fully saturated rings. The lowest BCUT2D eigenvalue weighted by atomic mass is 10.0. The number of piperidine rings is 1. The van der Waals surface area contributed by atoms with Gasteiger partial charge in [-0.2, -0.15) is 0 Å². The van der Waals surface area contributed by atoms with E-state index in [9.17, 15) is 4.79 Å². The van der Waals surface area contributed by atoms with Crippen LogP contribution in [0.25, 0.3) is 0 Å². The van der Waals surface area contributed by atoms with Crippen molar-refractivity contribution in [2.24, 2.45) is 5.92 Å². The van der Waals surface area contributed by atoms with E-state index in [0.29, 0.717) is 17.9 Å². The average molecular weight is 224 g/mol. The highest BCUT2D eigenvalue weighted by Crippen LogP contribution is 2.28. The molecule has 3 heteroatoms. The average Bonchev–Trinajstić information content (AvgIpc) is 2.82. The summed E-state index contributed by atoms with van der Waals surface area (Å²) in [5.74, 6) is 1.05. The Labute approximate surface area is 98.6 Å². The molecule has 0 spiro atoms. The number of amides is 1. The minimum atomic E-state index is 0.374. The van der Waals surface area contributed by atoms with Gasteiger partial charge >= 0.3 is 0 Å². The number of hydrogen-bond donors (Lipinski definition) is 1. The van der Waals surface area contributed by atoms with Crippen molar-refractivity contribution in [2.45, 2.75) is 51.0 Å². The van der Waals surface area contributed by atoms with Crippen LogP contribution in [0, 0.1) is 5.92 Å². The summed E-state index contributed by atoms with van der Waals surface area (Å²) in [5, 5.41) is 3.34. The molecule has 92 valence electrons. The van der Waals surface area contributed by atoms with E-state index in [2.05, 4.69) is 5.32 Å². The monoisotopic (exact) mass is 224 g/mol. The van der Waals surface area contributed by atoms with Crippen LogP contribution in [-0.4, -0.2) is 37.0 Å². The highest BCUT2D eigenvalue weighted by molar-refractivity contribution is 5.76. The topological polar surface area (TPSA) is 32.3 Å². The maximum atomic E-state index is 12.1. The molecule has 1 aliphatic heterocycles. The summed E-state index contributed by atoms with van der Waals surface area (Å²) in [5.41, 5.74) is 0. The normalized spacial score (nSPS) is 23.6. The van der Waals surface area contributed by atoms with Crippen LogP contribution < -0.4 is 5.32 Å². The molecular weight excluding hydrogens is 200 g/mol. The number of carbonyl (C=O) groups excluding carboxylic acids is 1. The summed E-state index contributed by atoms with van der Waals surface area (Å²) >= 11 is 0. The molecule has 16 heavy (non-hydrogen) atoms. The molecule has 1 saturated carbocycles. The molecule has 1 saturated heterocycles. The summed E-state index contributed by atoms with van der Waals surface area (Å²) in [7, 11) is 1.99. The van der Waals surface area contributed by atoms with Gasteiger partial charge in [0, 0.05) is 19.5 Å². The van der Waals surface area contributed by atoms with Gasteiger partial charge in [-0.3, -0.25) is 4.79 Å². The zero-order valence-electron chi connectivity index (χ0n) is 10.4. The molecule has 0 radical (unpaired) electrons. The fraction of sp³-hybridized carbons (Fsp3) is 0.923. The van der Waals surface area contributed by atoms with Crippen molar-refractivity contribution in [2.75, 3.05) is 20.1 Å². The Morgan fingerprint density at radius 3 is 2.44 bits per heavy atom. The summed E-state index contributed by atoms with van der Waals surface area (Å²) in [6.45, 7) is 2.12. The molecule has 1 N–H and O–H groups in total. The highest BCUT2D eigenvalue weighted by atomic mass is 16.2. The molecule has 2 aliphatic rings. The Morgan fingerprint density at radius 2 is 1.81 bits per heavy atom. The van der Waals surface area contributed by atoms with E-state index in [1.165, 1.54) is 25.7 Å². The van der Waals surface area contributed by atoms with Crippen molar-refractivity contribution < 1.29 is 4.79 Å². The lowest BCUT2D eigenvalue weighted by Crippen LogP contribution is -2.44. The summed E-state index contributed by atoms with van der Waals surface area (Å²) in [6, 6.07) is 0.482. The van der Waals surface area contributed by atoms with Gasteiger partial charge in [0.25, 0.3) is 0 Å². The van der Waals surface area contributed by atoms with Crippen LogP contribution in [0.5, 0.6) is 0 Å². The first-order valence-corrected chi connectivity index (χ1v) is 6.74. The molecule has 1 amide bonds. The van der Waals surface area contributed by atoms with E-state index in [4.69, 9.17) is 0 Å². The third-order valence-electron chi connectivity index (χ3n) is 4.19. The van der Waals surface area contributed by atoms with Gasteiger partial charge in [0.15, 0.2) is 0 Å². The van der Waals surface area contributed by atoms with Gasteiger partial charge in [-0.1, -0.05) is 12.8 Å². The Hall–Kier alpha value is -0.570. The van der Waals surface area contributed by atoms with Gasteiger partial charge in [0.05, 0.1) is 0 Å². The van der Waals surface area contributed by atoms with Gasteiger partial charge in [-0.25, -0.2) is 0 Å². The third-order valence-corrected chi connectivity index (χ3v) is 4.19. The van der Waals surface area contributed by atoms with Crippen LogP contribution in [0.2, 0.25) is 0 Å². The van der Waals surface area contributed by atoms with Gasteiger partial charge in [0.1, 0.15) is 0 Å². The molecule has 0 aromatic heterocycles. The van der Waals surface area contributed by atoms with E-state index in [0.717, 1.165) is 32.4 Å². The Kier molecular flexibility index (Phi) is 4.22. The first kappa shape index (κ1) is 11.9. The largest absolute Gasteiger partial charge is 0.343 e. The number of hydrogen-bond acceptors (Lipinski definition) is 2. The molecule has 0 atom stereocenters. The second-order valence-corrected chi connectivity index (χ2v) is 5.34. The first-order valence-electron chi connectivity index (χ1n) is 6.74. The minimum Gasteiger partial charge on any atom is -0.343 e. The third kappa shape index (κ3) is 2.97. The Bertz CT molecular complexity index is 230. The smallest absolute Gasteiger partial charge is 0.222 e. The van der Waals surface area contributed by atoms with E-state index in [-0.39, 0.29) is 0 Å². The zero-order valence-corrected chi connectivity index (χ0v) is 10.4. The summed E-state index contributed by atoms with van der Waals surface area (Å²) in [6.07, 6.45) is 8.22. The molecular formula is C13H24N2O. The lowest BCUT2D eigenvalue weighted by molar-refractivity contribution is -0.133. The fourth-order valence-corrected chi connectivity index (χ4v) is 3.00. The van der Waals surface area contributed by atoms with E-state index < -0.39 is 0 Å². The van der Waals surface area contributed by atoms with E-state index in [1.54, 1.807) is 0 Å². The summed E-state index contributed by atoms with van der Waals surface area (Å²) < 4.78 is 0. The summed E-state index contributed by atoms with van der Waals surface area (Å²) in [4.78, 5) is 14.1. The SMILES string of the molecule is CN(C(=O)CC1CCCC1)C1CCNCC1. The Morgan fingerprint density at radius 1 is 1.19 bits per heavy atom. The van der Waals surface area contributed by atoms with Gasteiger partial charge in [-0.15, -0.1) is 0 Å².